The van der Waals surface area contributed by atoms with Crippen LogP contribution in [-0.4, -0.2) is 70.8 Å². The molecule has 1 aliphatic heterocycles. The van der Waals surface area contributed by atoms with Crippen molar-refractivity contribution in [3.8, 4) is 17.1 Å². The summed E-state index contributed by atoms with van der Waals surface area (Å²) in [5, 5.41) is 9.45. The molecule has 1 aromatic carbocycles. The van der Waals surface area contributed by atoms with E-state index in [1.54, 1.807) is 7.11 Å². The van der Waals surface area contributed by atoms with Crippen LogP contribution in [0.15, 0.2) is 36.7 Å². The van der Waals surface area contributed by atoms with Gasteiger partial charge in [-0.05, 0) is 36.6 Å². The summed E-state index contributed by atoms with van der Waals surface area (Å²) in [6, 6.07) is 8.21. The van der Waals surface area contributed by atoms with E-state index in [1.807, 2.05) is 36.7 Å². The van der Waals surface area contributed by atoms with E-state index in [4.69, 9.17) is 4.74 Å². The number of benzene rings is 1. The average Bonchev–Trinajstić information content (AvgIpc) is 2.70. The molecule has 0 radical (unpaired) electrons. The molecule has 28 heavy (non-hydrogen) atoms. The molecule has 0 aliphatic carbocycles. The van der Waals surface area contributed by atoms with Crippen LogP contribution >= 0.6 is 0 Å². The summed E-state index contributed by atoms with van der Waals surface area (Å²) in [5.74, 6) is 2.20. The van der Waals surface area contributed by atoms with Crippen LogP contribution in [0.2, 0.25) is 0 Å². The van der Waals surface area contributed by atoms with Crippen LogP contribution in [0.1, 0.15) is 25.8 Å². The highest BCUT2D eigenvalue weighted by molar-refractivity contribution is 5.55. The second kappa shape index (κ2) is 9.96. The third-order valence-electron chi connectivity index (χ3n) is 5.21. The van der Waals surface area contributed by atoms with Gasteiger partial charge in [-0.1, -0.05) is 13.8 Å². The van der Waals surface area contributed by atoms with Gasteiger partial charge in [-0.15, -0.1) is 0 Å². The van der Waals surface area contributed by atoms with E-state index < -0.39 is 0 Å². The van der Waals surface area contributed by atoms with Crippen LogP contribution in [-0.2, 0) is 6.54 Å². The van der Waals surface area contributed by atoms with Gasteiger partial charge in [0.15, 0.2) is 5.82 Å². The Morgan fingerprint density at radius 2 is 1.86 bits per heavy atom. The van der Waals surface area contributed by atoms with Gasteiger partial charge in [0, 0.05) is 68.9 Å². The van der Waals surface area contributed by atoms with Crippen LogP contribution in [0.3, 0.4) is 0 Å². The van der Waals surface area contributed by atoms with Crippen molar-refractivity contribution in [3.05, 3.63) is 42.2 Å². The van der Waals surface area contributed by atoms with Crippen LogP contribution in [0.25, 0.3) is 11.4 Å². The quantitative estimate of drug-likeness (QED) is 0.755. The Morgan fingerprint density at radius 1 is 1.14 bits per heavy atom. The van der Waals surface area contributed by atoms with Gasteiger partial charge >= 0.3 is 0 Å². The molecule has 1 atom stereocenters. The van der Waals surface area contributed by atoms with Gasteiger partial charge < -0.3 is 9.84 Å². The number of aliphatic hydroxyl groups is 1. The standard InChI is InChI=1S/C22H32N4O2/c1-17(2)14-26-10-9-25(16-20(26)8-11-27)15-18-12-23-22(24-13-18)19-4-6-21(28-3)7-5-19/h4-7,12-13,17,20,27H,8-11,14-16H2,1-3H3. The summed E-state index contributed by atoms with van der Waals surface area (Å²) in [6.07, 6.45) is 4.68. The molecule has 0 saturated carbocycles. The third-order valence-corrected chi connectivity index (χ3v) is 5.21. The monoisotopic (exact) mass is 384 g/mol. The van der Waals surface area contributed by atoms with Crippen LogP contribution in [0.4, 0.5) is 0 Å². The van der Waals surface area contributed by atoms with E-state index in [-0.39, 0.29) is 6.61 Å². The molecule has 0 bridgehead atoms. The third kappa shape index (κ3) is 5.50. The Morgan fingerprint density at radius 3 is 2.46 bits per heavy atom. The maximum atomic E-state index is 9.45. The van der Waals surface area contributed by atoms with Crippen molar-refractivity contribution in [1.29, 1.82) is 0 Å². The van der Waals surface area contributed by atoms with Crippen molar-refractivity contribution in [2.45, 2.75) is 32.9 Å². The van der Waals surface area contributed by atoms with Crippen molar-refractivity contribution in [3.63, 3.8) is 0 Å². The lowest BCUT2D eigenvalue weighted by atomic mass is 10.1. The average molecular weight is 385 g/mol. The van der Waals surface area contributed by atoms with Crippen molar-refractivity contribution >= 4 is 0 Å². The first-order valence-electron chi connectivity index (χ1n) is 10.1. The zero-order valence-electron chi connectivity index (χ0n) is 17.2. The predicted octanol–water partition coefficient (Wildman–Crippen LogP) is 2.68. The fourth-order valence-corrected chi connectivity index (χ4v) is 3.82. The van der Waals surface area contributed by atoms with E-state index in [1.165, 1.54) is 0 Å². The molecule has 0 amide bonds. The Kier molecular flexibility index (Phi) is 7.36. The van der Waals surface area contributed by atoms with Crippen LogP contribution in [0.5, 0.6) is 5.75 Å². The van der Waals surface area contributed by atoms with E-state index in [9.17, 15) is 5.11 Å². The minimum Gasteiger partial charge on any atom is -0.497 e. The van der Waals surface area contributed by atoms with Gasteiger partial charge in [-0.2, -0.15) is 0 Å². The summed E-state index contributed by atoms with van der Waals surface area (Å²) in [4.78, 5) is 14.1. The van der Waals surface area contributed by atoms with Crippen molar-refractivity contribution in [2.24, 2.45) is 5.92 Å². The molecule has 1 unspecified atom stereocenters. The number of ether oxygens (including phenoxy) is 1. The van der Waals surface area contributed by atoms with Gasteiger partial charge in [0.05, 0.1) is 7.11 Å². The van der Waals surface area contributed by atoms with Crippen LogP contribution in [0, 0.1) is 5.92 Å². The van der Waals surface area contributed by atoms with Crippen molar-refractivity contribution in [2.75, 3.05) is 39.9 Å². The Bertz CT molecular complexity index is 718. The second-order valence-electron chi connectivity index (χ2n) is 7.93. The molecule has 1 fully saturated rings. The number of hydrogen-bond acceptors (Lipinski definition) is 6. The number of nitrogens with zero attached hydrogens (tertiary/aromatic N) is 4. The zero-order valence-corrected chi connectivity index (χ0v) is 17.2. The second-order valence-corrected chi connectivity index (χ2v) is 7.93. The van der Waals surface area contributed by atoms with Gasteiger partial charge in [-0.25, -0.2) is 9.97 Å². The molecular weight excluding hydrogens is 352 g/mol. The molecule has 2 heterocycles. The molecule has 1 N–H and O–H groups in total. The highest BCUT2D eigenvalue weighted by atomic mass is 16.5. The first-order valence-corrected chi connectivity index (χ1v) is 10.1. The molecule has 1 aliphatic rings. The number of hydrogen-bond donors (Lipinski definition) is 1. The normalized spacial score (nSPS) is 18.5. The Balaban J connectivity index is 1.60. The summed E-state index contributed by atoms with van der Waals surface area (Å²) >= 11 is 0. The number of piperazine rings is 1. The Labute approximate surface area is 168 Å². The first-order chi connectivity index (χ1) is 13.6. The fourth-order valence-electron chi connectivity index (χ4n) is 3.82. The van der Waals surface area contributed by atoms with E-state index >= 15 is 0 Å². The number of methoxy groups -OCH3 is 1. The number of aromatic nitrogens is 2. The van der Waals surface area contributed by atoms with Gasteiger partial charge in [0.2, 0.25) is 0 Å². The highest BCUT2D eigenvalue weighted by Gasteiger charge is 2.27. The molecule has 3 rings (SSSR count). The molecule has 6 nitrogen and oxygen atoms in total. The first kappa shape index (κ1) is 20.7. The van der Waals surface area contributed by atoms with Gasteiger partial charge in [0.25, 0.3) is 0 Å². The molecular formula is C22H32N4O2. The fraction of sp³-hybridized carbons (Fsp3) is 0.545. The topological polar surface area (TPSA) is 61.7 Å². The summed E-state index contributed by atoms with van der Waals surface area (Å²) < 4.78 is 5.20. The zero-order chi connectivity index (χ0) is 19.9. The lowest BCUT2D eigenvalue weighted by molar-refractivity contribution is 0.0476. The number of aliphatic hydroxyl groups excluding tert-OH is 1. The molecule has 1 saturated heterocycles. The lowest BCUT2D eigenvalue weighted by Gasteiger charge is -2.42. The maximum absolute atomic E-state index is 9.45. The summed E-state index contributed by atoms with van der Waals surface area (Å²) in [6.45, 7) is 9.76. The number of rotatable bonds is 8. The smallest absolute Gasteiger partial charge is 0.159 e. The molecule has 1 aromatic heterocycles. The van der Waals surface area contributed by atoms with Crippen molar-refractivity contribution < 1.29 is 9.84 Å². The highest BCUT2D eigenvalue weighted by Crippen LogP contribution is 2.20. The minimum absolute atomic E-state index is 0.243. The van der Waals surface area contributed by atoms with E-state index in [0.29, 0.717) is 12.0 Å². The Hall–Kier alpha value is -2.02. The van der Waals surface area contributed by atoms with E-state index in [0.717, 1.165) is 61.8 Å². The largest absolute Gasteiger partial charge is 0.497 e. The molecule has 152 valence electrons. The van der Waals surface area contributed by atoms with Gasteiger partial charge in [-0.3, -0.25) is 9.80 Å². The van der Waals surface area contributed by atoms with Crippen LogP contribution < -0.4 is 4.74 Å². The molecule has 0 spiro atoms. The van der Waals surface area contributed by atoms with Gasteiger partial charge in [0.1, 0.15) is 5.75 Å². The minimum atomic E-state index is 0.243. The van der Waals surface area contributed by atoms with E-state index in [2.05, 4.69) is 33.6 Å². The molecule has 2 aromatic rings. The molecule has 6 heteroatoms. The lowest BCUT2D eigenvalue weighted by Crippen LogP contribution is -2.53. The summed E-state index contributed by atoms with van der Waals surface area (Å²) in [7, 11) is 1.66. The summed E-state index contributed by atoms with van der Waals surface area (Å²) in [5.41, 5.74) is 2.11. The SMILES string of the molecule is COc1ccc(-c2ncc(CN3CCN(CC(C)C)C(CCO)C3)cn2)cc1. The maximum Gasteiger partial charge on any atom is 0.159 e. The van der Waals surface area contributed by atoms with Crippen molar-refractivity contribution in [1.82, 2.24) is 19.8 Å². The predicted molar refractivity (Wildman–Crippen MR) is 111 cm³/mol.